The largest absolute Gasteiger partial charge is 0.392 e. The molecule has 1 aromatic carbocycles. The Morgan fingerprint density at radius 3 is 3.00 bits per heavy atom. The number of hydrogen-bond acceptors (Lipinski definition) is 3. The van der Waals surface area contributed by atoms with Crippen molar-refractivity contribution in [1.82, 2.24) is 0 Å². The zero-order chi connectivity index (χ0) is 13.5. The van der Waals surface area contributed by atoms with Gasteiger partial charge in [0.1, 0.15) is 12.4 Å². The van der Waals surface area contributed by atoms with Gasteiger partial charge in [-0.25, -0.2) is 4.39 Å². The molecular weight excluding hydrogens is 247 g/mol. The maximum Gasteiger partial charge on any atom is 0.158 e. The average Bonchev–Trinajstić information content (AvgIpc) is 2.45. The number of aliphatic hydroxyl groups excluding tert-OH is 1. The summed E-state index contributed by atoms with van der Waals surface area (Å²) >= 11 is 0. The van der Waals surface area contributed by atoms with Crippen molar-refractivity contribution in [3.05, 3.63) is 35.1 Å². The van der Waals surface area contributed by atoms with Gasteiger partial charge < -0.3 is 14.6 Å². The first-order valence-electron chi connectivity index (χ1n) is 6.41. The van der Waals surface area contributed by atoms with Crippen molar-refractivity contribution in [2.75, 3.05) is 13.2 Å². The molecule has 4 heteroatoms. The zero-order valence-corrected chi connectivity index (χ0v) is 10.7. The Morgan fingerprint density at radius 1 is 1.42 bits per heavy atom. The maximum atomic E-state index is 13.4. The van der Waals surface area contributed by atoms with Crippen LogP contribution in [0.25, 0.3) is 0 Å². The van der Waals surface area contributed by atoms with Gasteiger partial charge in [-0.15, -0.1) is 0 Å². The van der Waals surface area contributed by atoms with Crippen molar-refractivity contribution in [3.63, 3.8) is 0 Å². The minimum absolute atomic E-state index is 0.156. The molecule has 2 rings (SSSR count). The molecule has 0 saturated carbocycles. The van der Waals surface area contributed by atoms with Gasteiger partial charge in [0.2, 0.25) is 0 Å². The van der Waals surface area contributed by atoms with Crippen LogP contribution in [0.3, 0.4) is 0 Å². The summed E-state index contributed by atoms with van der Waals surface area (Å²) in [7, 11) is 0. The summed E-state index contributed by atoms with van der Waals surface area (Å²) in [5.41, 5.74) is 0.847. The molecular formula is C15H17FO3. The summed E-state index contributed by atoms with van der Waals surface area (Å²) in [6.45, 7) is 0.710. The maximum absolute atomic E-state index is 13.4. The highest BCUT2D eigenvalue weighted by molar-refractivity contribution is 5.36. The van der Waals surface area contributed by atoms with Crippen molar-refractivity contribution in [3.8, 4) is 11.8 Å². The molecule has 3 nitrogen and oxygen atoms in total. The number of benzene rings is 1. The topological polar surface area (TPSA) is 38.7 Å². The fraction of sp³-hybridized carbons (Fsp3) is 0.467. The van der Waals surface area contributed by atoms with Gasteiger partial charge in [-0.1, -0.05) is 17.9 Å². The van der Waals surface area contributed by atoms with Gasteiger partial charge in [-0.2, -0.15) is 0 Å². The molecule has 1 unspecified atom stereocenters. The number of halogens is 1. The SMILES string of the molecule is OCc1ccc(C#CCOC2CCCCO2)cc1F. The smallest absolute Gasteiger partial charge is 0.158 e. The summed E-state index contributed by atoms with van der Waals surface area (Å²) in [6, 6.07) is 4.53. The molecule has 1 saturated heterocycles. The number of aliphatic hydroxyl groups is 1. The van der Waals surface area contributed by atoms with E-state index in [-0.39, 0.29) is 25.1 Å². The Bertz CT molecular complexity index is 470. The van der Waals surface area contributed by atoms with Crippen molar-refractivity contribution >= 4 is 0 Å². The molecule has 0 amide bonds. The van der Waals surface area contributed by atoms with E-state index < -0.39 is 5.82 Å². The Hall–Kier alpha value is -1.41. The van der Waals surface area contributed by atoms with Crippen LogP contribution in [0.15, 0.2) is 18.2 Å². The van der Waals surface area contributed by atoms with Crippen molar-refractivity contribution in [2.24, 2.45) is 0 Å². The highest BCUT2D eigenvalue weighted by Crippen LogP contribution is 2.13. The third-order valence-corrected chi connectivity index (χ3v) is 2.94. The van der Waals surface area contributed by atoms with E-state index in [0.29, 0.717) is 5.56 Å². The lowest BCUT2D eigenvalue weighted by Crippen LogP contribution is -2.22. The van der Waals surface area contributed by atoms with Gasteiger partial charge in [0.25, 0.3) is 0 Å². The molecule has 102 valence electrons. The van der Waals surface area contributed by atoms with Crippen LogP contribution in [-0.2, 0) is 16.1 Å². The molecule has 0 bridgehead atoms. The van der Waals surface area contributed by atoms with E-state index in [1.807, 2.05) is 0 Å². The molecule has 0 aliphatic carbocycles. The van der Waals surface area contributed by atoms with Gasteiger partial charge in [0.05, 0.1) is 6.61 Å². The van der Waals surface area contributed by atoms with E-state index in [4.69, 9.17) is 14.6 Å². The van der Waals surface area contributed by atoms with Crippen LogP contribution in [0.2, 0.25) is 0 Å². The predicted molar refractivity (Wildman–Crippen MR) is 68.7 cm³/mol. The quantitative estimate of drug-likeness (QED) is 0.851. The van der Waals surface area contributed by atoms with E-state index in [0.717, 1.165) is 25.9 Å². The molecule has 0 radical (unpaired) electrons. The molecule has 19 heavy (non-hydrogen) atoms. The minimum atomic E-state index is -0.439. The molecule has 1 aromatic rings. The predicted octanol–water partition coefficient (Wildman–Crippen LogP) is 2.21. The zero-order valence-electron chi connectivity index (χ0n) is 10.7. The molecule has 0 aromatic heterocycles. The molecule has 0 spiro atoms. The van der Waals surface area contributed by atoms with Crippen molar-refractivity contribution < 1.29 is 19.0 Å². The average molecular weight is 264 g/mol. The first-order valence-corrected chi connectivity index (χ1v) is 6.41. The number of rotatable bonds is 3. The van der Waals surface area contributed by atoms with E-state index >= 15 is 0 Å². The van der Waals surface area contributed by atoms with Gasteiger partial charge in [-0.05, 0) is 31.4 Å². The molecule has 1 atom stereocenters. The minimum Gasteiger partial charge on any atom is -0.392 e. The lowest BCUT2D eigenvalue weighted by atomic mass is 10.1. The second-order valence-electron chi connectivity index (χ2n) is 4.37. The van der Waals surface area contributed by atoms with Crippen molar-refractivity contribution in [2.45, 2.75) is 32.2 Å². The van der Waals surface area contributed by atoms with Gasteiger partial charge in [-0.3, -0.25) is 0 Å². The van der Waals surface area contributed by atoms with Crippen LogP contribution in [0.1, 0.15) is 30.4 Å². The summed E-state index contributed by atoms with van der Waals surface area (Å²) in [5, 5.41) is 8.86. The Balaban J connectivity index is 1.84. The Kier molecular flexibility index (Phi) is 5.34. The summed E-state index contributed by atoms with van der Waals surface area (Å²) in [4.78, 5) is 0. The lowest BCUT2D eigenvalue weighted by Gasteiger charge is -2.21. The van der Waals surface area contributed by atoms with E-state index in [2.05, 4.69) is 11.8 Å². The summed E-state index contributed by atoms with van der Waals surface area (Å²) in [6.07, 6.45) is 2.95. The van der Waals surface area contributed by atoms with E-state index in [1.165, 1.54) is 12.1 Å². The second kappa shape index (κ2) is 7.25. The van der Waals surface area contributed by atoms with E-state index in [1.54, 1.807) is 6.07 Å². The lowest BCUT2D eigenvalue weighted by molar-refractivity contribution is -0.154. The summed E-state index contributed by atoms with van der Waals surface area (Å²) in [5.74, 6) is 5.22. The highest BCUT2D eigenvalue weighted by atomic mass is 19.1. The number of ether oxygens (including phenoxy) is 2. The normalized spacial score (nSPS) is 18.7. The first-order chi connectivity index (χ1) is 9.29. The molecule has 1 N–H and O–H groups in total. The first kappa shape index (κ1) is 14.0. The molecule has 1 heterocycles. The van der Waals surface area contributed by atoms with Crippen LogP contribution in [0.5, 0.6) is 0 Å². The fourth-order valence-electron chi connectivity index (χ4n) is 1.87. The number of hydrogen-bond donors (Lipinski definition) is 1. The highest BCUT2D eigenvalue weighted by Gasteiger charge is 2.12. The monoisotopic (exact) mass is 264 g/mol. The van der Waals surface area contributed by atoms with E-state index in [9.17, 15) is 4.39 Å². The van der Waals surface area contributed by atoms with Crippen molar-refractivity contribution in [1.29, 1.82) is 0 Å². The van der Waals surface area contributed by atoms with Gasteiger partial charge >= 0.3 is 0 Å². The summed E-state index contributed by atoms with van der Waals surface area (Å²) < 4.78 is 24.2. The van der Waals surface area contributed by atoms with Gasteiger partial charge in [0.15, 0.2) is 6.29 Å². The van der Waals surface area contributed by atoms with Crippen LogP contribution >= 0.6 is 0 Å². The third-order valence-electron chi connectivity index (χ3n) is 2.94. The van der Waals surface area contributed by atoms with Crippen LogP contribution < -0.4 is 0 Å². The van der Waals surface area contributed by atoms with Gasteiger partial charge in [0, 0.05) is 17.7 Å². The Labute approximate surface area is 112 Å². The van der Waals surface area contributed by atoms with Crippen LogP contribution in [-0.4, -0.2) is 24.6 Å². The Morgan fingerprint density at radius 2 is 2.32 bits per heavy atom. The van der Waals surface area contributed by atoms with Crippen LogP contribution in [0.4, 0.5) is 4.39 Å². The van der Waals surface area contributed by atoms with Crippen LogP contribution in [0, 0.1) is 17.7 Å². The molecule has 1 aliphatic heterocycles. The molecule has 1 fully saturated rings. The standard InChI is InChI=1S/C15H17FO3/c16-14-10-12(6-7-13(14)11-17)4-3-9-19-15-5-1-2-8-18-15/h6-7,10,15,17H,1-2,5,8-9,11H2. The second-order valence-corrected chi connectivity index (χ2v) is 4.37. The fourth-order valence-corrected chi connectivity index (χ4v) is 1.87. The molecule has 1 aliphatic rings. The third kappa shape index (κ3) is 4.32.